The molecule has 0 unspecified atom stereocenters. The van der Waals surface area contributed by atoms with Crippen molar-refractivity contribution in [2.24, 2.45) is 4.99 Å². The van der Waals surface area contributed by atoms with Crippen LogP contribution in [0.5, 0.6) is 0 Å². The van der Waals surface area contributed by atoms with Gasteiger partial charge in [0.15, 0.2) is 3.95 Å². The molecule has 0 aliphatic carbocycles. The predicted molar refractivity (Wildman–Crippen MR) is 80.0 cm³/mol. The number of nitrogens with zero attached hydrogens (tertiary/aromatic N) is 2. The van der Waals surface area contributed by atoms with Crippen LogP contribution in [-0.2, 0) is 14.6 Å². The van der Waals surface area contributed by atoms with Gasteiger partial charge in [-0.1, -0.05) is 17.9 Å². The lowest BCUT2D eigenvalue weighted by Gasteiger charge is -2.15. The van der Waals surface area contributed by atoms with Gasteiger partial charge in [0.2, 0.25) is 0 Å². The average molecular weight is 337 g/mol. The molecule has 0 saturated heterocycles. The molecule has 22 heavy (non-hydrogen) atoms. The number of hydrogen-bond acceptors (Lipinski definition) is 8. The second-order valence-electron chi connectivity index (χ2n) is 4.15. The number of amides is 2. The minimum absolute atomic E-state index is 0.188. The van der Waals surface area contributed by atoms with Crippen LogP contribution in [0.4, 0.5) is 11.4 Å². The van der Waals surface area contributed by atoms with E-state index < -0.39 is 11.8 Å². The smallest absolute Gasteiger partial charge is 0.315 e. The van der Waals surface area contributed by atoms with Crippen molar-refractivity contribution >= 4 is 53.3 Å². The Kier molecular flexibility index (Phi) is 3.54. The van der Waals surface area contributed by atoms with Crippen LogP contribution in [0.3, 0.4) is 0 Å². The summed E-state index contributed by atoms with van der Waals surface area (Å²) in [7, 11) is 0. The number of benzene rings is 1. The van der Waals surface area contributed by atoms with E-state index in [4.69, 9.17) is 17.5 Å². The van der Waals surface area contributed by atoms with E-state index >= 15 is 0 Å². The van der Waals surface area contributed by atoms with Crippen molar-refractivity contribution in [2.45, 2.75) is 0 Å². The van der Waals surface area contributed by atoms with Crippen molar-refractivity contribution in [2.75, 3.05) is 10.8 Å². The molecule has 112 valence electrons. The molecule has 2 heterocycles. The molecule has 2 amide bonds. The third-order valence-corrected chi connectivity index (χ3v) is 3.98. The van der Waals surface area contributed by atoms with Crippen LogP contribution in [0.2, 0.25) is 0 Å². The molecule has 1 aromatic carbocycles. The summed E-state index contributed by atoms with van der Waals surface area (Å²) in [6, 6.07) is 1.40. The number of aromatic amines is 1. The van der Waals surface area contributed by atoms with E-state index in [2.05, 4.69) is 37.6 Å². The van der Waals surface area contributed by atoms with Gasteiger partial charge in [-0.15, -0.1) is 4.99 Å². The fraction of sp³-hybridized carbons (Fsp3) is 0. The largest absolute Gasteiger partial charge is 0.335 e. The summed E-state index contributed by atoms with van der Waals surface area (Å²) in [5.74, 6) is -1.79. The highest BCUT2D eigenvalue weighted by molar-refractivity contribution is 7.73. The molecule has 1 aromatic heterocycles. The van der Waals surface area contributed by atoms with Gasteiger partial charge >= 0.3 is 11.8 Å². The van der Waals surface area contributed by atoms with Crippen LogP contribution in [0, 0.1) is 3.95 Å². The molecule has 4 N–H and O–H groups in total. The van der Waals surface area contributed by atoms with E-state index in [0.717, 1.165) is 11.3 Å². The summed E-state index contributed by atoms with van der Waals surface area (Å²) in [6.07, 6.45) is 0. The molecular formula is C11H7N5O4S2. The number of H-pyrrole nitrogens is 1. The van der Waals surface area contributed by atoms with Gasteiger partial charge in [-0.2, -0.15) is 5.10 Å². The number of carbonyl (C=O) groups excluding carboxylic acids is 2. The van der Waals surface area contributed by atoms with Gasteiger partial charge in [-0.25, -0.2) is 15.7 Å². The molecule has 1 aliphatic heterocycles. The lowest BCUT2D eigenvalue weighted by Crippen LogP contribution is -2.34. The van der Waals surface area contributed by atoms with E-state index in [0.29, 0.717) is 19.7 Å². The molecule has 0 fully saturated rings. The second-order valence-corrected chi connectivity index (χ2v) is 5.82. The highest BCUT2D eigenvalue weighted by Crippen LogP contribution is 2.26. The van der Waals surface area contributed by atoms with Gasteiger partial charge in [0, 0.05) is 10.8 Å². The van der Waals surface area contributed by atoms with E-state index in [9.17, 15) is 9.59 Å². The topological polar surface area (TPSA) is 129 Å². The highest BCUT2D eigenvalue weighted by Gasteiger charge is 2.24. The fourth-order valence-corrected chi connectivity index (χ4v) is 2.93. The number of fused-ring (bicyclic) bond motifs is 1. The number of carbonyl (C=O) groups is 2. The zero-order chi connectivity index (χ0) is 15.9. The van der Waals surface area contributed by atoms with E-state index in [1.807, 2.05) is 0 Å². The summed E-state index contributed by atoms with van der Waals surface area (Å²) in [5.41, 5.74) is 3.18. The molecule has 11 heteroatoms. The Bertz CT molecular complexity index is 964. The maximum Gasteiger partial charge on any atom is 0.335 e. The van der Waals surface area contributed by atoms with Crippen LogP contribution >= 0.6 is 23.6 Å². The van der Waals surface area contributed by atoms with Crippen molar-refractivity contribution in [1.82, 2.24) is 10.2 Å². The first-order chi connectivity index (χ1) is 10.5. The van der Waals surface area contributed by atoms with Crippen LogP contribution in [0.1, 0.15) is 0 Å². The fourth-order valence-electron chi connectivity index (χ4n) is 1.96. The van der Waals surface area contributed by atoms with Gasteiger partial charge < -0.3 is 5.32 Å². The molecule has 0 radical (unpaired) electrons. The molecule has 0 atom stereocenters. The van der Waals surface area contributed by atoms with Gasteiger partial charge in [0.1, 0.15) is 5.01 Å². The Balaban J connectivity index is 2.39. The third-order valence-electron chi connectivity index (χ3n) is 2.88. The first-order valence-corrected chi connectivity index (χ1v) is 6.96. The molecule has 0 bridgehead atoms. The zero-order valence-corrected chi connectivity index (χ0v) is 12.3. The first-order valence-electron chi connectivity index (χ1n) is 5.73. The van der Waals surface area contributed by atoms with Crippen LogP contribution in [-0.4, -0.2) is 27.3 Å². The summed E-state index contributed by atoms with van der Waals surface area (Å²) < 4.78 is 0.426. The average Bonchev–Trinajstić information content (AvgIpc) is 2.89. The Morgan fingerprint density at radius 3 is 2.86 bits per heavy atom. The van der Waals surface area contributed by atoms with Crippen molar-refractivity contribution in [3.63, 3.8) is 0 Å². The quantitative estimate of drug-likeness (QED) is 0.272. The van der Waals surface area contributed by atoms with Crippen molar-refractivity contribution in [3.8, 4) is 10.6 Å². The van der Waals surface area contributed by atoms with Crippen molar-refractivity contribution in [1.29, 1.82) is 0 Å². The lowest BCUT2D eigenvalue weighted by atomic mass is 10.1. The maximum atomic E-state index is 11.6. The highest BCUT2D eigenvalue weighted by atomic mass is 32.1. The summed E-state index contributed by atoms with van der Waals surface area (Å²) >= 11 is 6.15. The number of anilines is 2. The minimum Gasteiger partial charge on any atom is -0.315 e. The SMILES string of the molecule is C=c1c(NOO)cc2c(c1-c1n[nH]c(=S)s1)NC(=O)C(=O)N=2. The summed E-state index contributed by atoms with van der Waals surface area (Å²) in [5, 5.41) is 18.7. The Hall–Kier alpha value is -2.47. The molecule has 2 aromatic rings. The number of aromatic nitrogens is 2. The van der Waals surface area contributed by atoms with Gasteiger partial charge in [0.25, 0.3) is 0 Å². The normalized spacial score (nSPS) is 13.3. The molecule has 0 spiro atoms. The Morgan fingerprint density at radius 1 is 1.45 bits per heavy atom. The van der Waals surface area contributed by atoms with Crippen LogP contribution in [0.15, 0.2) is 11.1 Å². The van der Waals surface area contributed by atoms with Gasteiger partial charge in [-0.3, -0.25) is 14.7 Å². The number of hydrogen-bond donors (Lipinski definition) is 4. The molecule has 3 rings (SSSR count). The minimum atomic E-state index is -0.930. The van der Waals surface area contributed by atoms with Crippen LogP contribution in [0.25, 0.3) is 17.2 Å². The Labute approximate surface area is 130 Å². The Morgan fingerprint density at radius 2 is 2.23 bits per heavy atom. The summed E-state index contributed by atoms with van der Waals surface area (Å²) in [6.45, 7) is 3.86. The molecular weight excluding hydrogens is 330 g/mol. The standard InChI is InChI=1S/C11H7N5O4S2/c1-3-4(16-20-19)2-5-7(13-9(18)8(17)12-5)6(3)10-14-15-11(21)22-10/h2,16,19H,1H2,(H,13,18)(H,15,21). The van der Waals surface area contributed by atoms with E-state index in [1.54, 1.807) is 0 Å². The number of nitrogens with one attached hydrogen (secondary N) is 3. The molecule has 1 aliphatic rings. The van der Waals surface area contributed by atoms with Gasteiger partial charge in [-0.05, 0) is 18.3 Å². The summed E-state index contributed by atoms with van der Waals surface area (Å²) in [4.78, 5) is 30.6. The number of rotatable bonds is 3. The van der Waals surface area contributed by atoms with E-state index in [1.165, 1.54) is 6.07 Å². The van der Waals surface area contributed by atoms with E-state index in [-0.39, 0.29) is 16.7 Å². The van der Waals surface area contributed by atoms with Crippen molar-refractivity contribution < 1.29 is 19.8 Å². The van der Waals surface area contributed by atoms with Crippen molar-refractivity contribution in [3.05, 3.63) is 20.6 Å². The molecule has 0 saturated carbocycles. The van der Waals surface area contributed by atoms with Crippen LogP contribution < -0.4 is 21.4 Å². The first kappa shape index (κ1) is 14.5. The van der Waals surface area contributed by atoms with Gasteiger partial charge in [0.05, 0.1) is 16.7 Å². The maximum absolute atomic E-state index is 11.6. The lowest BCUT2D eigenvalue weighted by molar-refractivity contribution is -0.215. The molecule has 9 nitrogen and oxygen atoms in total. The zero-order valence-electron chi connectivity index (χ0n) is 10.7. The monoisotopic (exact) mass is 337 g/mol. The third kappa shape index (κ3) is 2.31. The second kappa shape index (κ2) is 5.38. The predicted octanol–water partition coefficient (Wildman–Crippen LogP) is 0.193.